The van der Waals surface area contributed by atoms with Gasteiger partial charge in [0.05, 0.1) is 16.6 Å². The van der Waals surface area contributed by atoms with E-state index in [0.717, 1.165) is 50.2 Å². The summed E-state index contributed by atoms with van der Waals surface area (Å²) in [4.78, 5) is 53.0. The molecule has 0 unspecified atom stereocenters. The van der Waals surface area contributed by atoms with Crippen LogP contribution in [0.1, 0.15) is 45.2 Å². The Morgan fingerprint density at radius 1 is 0.934 bits per heavy atom. The molecule has 0 bridgehead atoms. The lowest BCUT2D eigenvalue weighted by atomic mass is 9.91. The molecule has 61 heavy (non-hydrogen) atoms. The molecule has 3 aliphatic rings. The number of hydrogen-bond acceptors (Lipinski definition) is 9. The van der Waals surface area contributed by atoms with Crippen LogP contribution in [0.5, 0.6) is 17.2 Å². The maximum atomic E-state index is 14.2. The fourth-order valence-electron chi connectivity index (χ4n) is 7.64. The molecule has 8 rings (SSSR count). The van der Waals surface area contributed by atoms with Crippen molar-refractivity contribution >= 4 is 47.2 Å². The average molecular weight is 861 g/mol. The van der Waals surface area contributed by atoms with Crippen molar-refractivity contribution in [3.8, 4) is 28.4 Å². The Morgan fingerprint density at radius 2 is 1.69 bits per heavy atom. The van der Waals surface area contributed by atoms with E-state index in [4.69, 9.17) is 37.4 Å². The molecule has 3 aliphatic heterocycles. The first-order valence-electron chi connectivity index (χ1n) is 19.8. The molecular formula is C47H43Cl2N5O7. The molecule has 0 radical (unpaired) electrons. The van der Waals surface area contributed by atoms with Gasteiger partial charge in [-0.15, -0.1) is 0 Å². The Labute approximate surface area is 363 Å². The van der Waals surface area contributed by atoms with Crippen molar-refractivity contribution in [2.75, 3.05) is 20.2 Å². The van der Waals surface area contributed by atoms with Crippen molar-refractivity contribution in [3.05, 3.63) is 152 Å². The van der Waals surface area contributed by atoms with Crippen LogP contribution < -0.4 is 19.5 Å². The number of aromatic nitrogens is 1. The summed E-state index contributed by atoms with van der Waals surface area (Å²) in [6.45, 7) is 5.13. The predicted molar refractivity (Wildman–Crippen MR) is 232 cm³/mol. The van der Waals surface area contributed by atoms with Gasteiger partial charge in [-0.25, -0.2) is 4.79 Å². The highest BCUT2D eigenvalue weighted by atomic mass is 35.5. The molecule has 14 heteroatoms. The van der Waals surface area contributed by atoms with Crippen molar-refractivity contribution in [1.29, 1.82) is 0 Å². The van der Waals surface area contributed by atoms with Gasteiger partial charge in [0.1, 0.15) is 36.7 Å². The molecule has 4 heterocycles. The SMILES string of the molecule is Cc1nccc(-c2ccc(C[C@H](NC(=O)[C@@H]3Cc4cc5c(cc4CN3C(=O)C3=CN(C)CC=N3)O[C@@H](c3ccc(OCc4ccc(Cl)c(Cl)c4)cc3)CO5)C(=O)O)cc2)c1C. The molecule has 0 saturated heterocycles. The van der Waals surface area contributed by atoms with Gasteiger partial charge in [-0.1, -0.05) is 65.7 Å². The maximum Gasteiger partial charge on any atom is 0.326 e. The van der Waals surface area contributed by atoms with Crippen molar-refractivity contribution in [2.45, 2.75) is 58.0 Å². The highest BCUT2D eigenvalue weighted by Crippen LogP contribution is 2.41. The summed E-state index contributed by atoms with van der Waals surface area (Å²) >= 11 is 12.2. The van der Waals surface area contributed by atoms with Gasteiger partial charge in [-0.2, -0.15) is 0 Å². The molecule has 1 aromatic heterocycles. The number of halogens is 2. The van der Waals surface area contributed by atoms with E-state index >= 15 is 0 Å². The second kappa shape index (κ2) is 17.7. The van der Waals surface area contributed by atoms with Crippen molar-refractivity contribution < 1.29 is 33.7 Å². The number of carboxylic acid groups (broad SMARTS) is 1. The average Bonchev–Trinajstić information content (AvgIpc) is 3.26. The van der Waals surface area contributed by atoms with Crippen molar-refractivity contribution in [3.63, 3.8) is 0 Å². The normalized spacial score (nSPS) is 17.2. The second-order valence-electron chi connectivity index (χ2n) is 15.4. The molecule has 4 aromatic carbocycles. The van der Waals surface area contributed by atoms with E-state index in [1.165, 1.54) is 4.90 Å². The van der Waals surface area contributed by atoms with Crippen LogP contribution in [0.3, 0.4) is 0 Å². The molecule has 0 spiro atoms. The number of pyridine rings is 1. The largest absolute Gasteiger partial charge is 0.489 e. The van der Waals surface area contributed by atoms with Crippen LogP contribution in [0, 0.1) is 13.8 Å². The highest BCUT2D eigenvalue weighted by Gasteiger charge is 2.39. The number of nitrogens with zero attached hydrogens (tertiary/aromatic N) is 4. The number of carbonyl (C=O) groups excluding carboxylic acids is 2. The minimum Gasteiger partial charge on any atom is -0.489 e. The van der Waals surface area contributed by atoms with E-state index in [-0.39, 0.29) is 31.7 Å². The summed E-state index contributed by atoms with van der Waals surface area (Å²) < 4.78 is 18.7. The van der Waals surface area contributed by atoms with Gasteiger partial charge in [0.25, 0.3) is 5.91 Å². The van der Waals surface area contributed by atoms with Crippen molar-refractivity contribution in [2.24, 2.45) is 4.99 Å². The summed E-state index contributed by atoms with van der Waals surface area (Å²) in [5.41, 5.74) is 8.26. The maximum absolute atomic E-state index is 14.2. The monoisotopic (exact) mass is 859 g/mol. The van der Waals surface area contributed by atoms with Gasteiger partial charge in [0, 0.05) is 50.7 Å². The van der Waals surface area contributed by atoms with Gasteiger partial charge < -0.3 is 34.4 Å². The van der Waals surface area contributed by atoms with E-state index in [2.05, 4.69) is 15.3 Å². The van der Waals surface area contributed by atoms with Gasteiger partial charge in [-0.05, 0) is 101 Å². The number of nitrogens with one attached hydrogen (secondary N) is 1. The Morgan fingerprint density at radius 3 is 2.43 bits per heavy atom. The molecule has 0 aliphatic carbocycles. The minimum absolute atomic E-state index is 0.0432. The second-order valence-corrected chi connectivity index (χ2v) is 16.2. The van der Waals surface area contributed by atoms with Crippen LogP contribution >= 0.6 is 23.2 Å². The number of benzene rings is 4. The number of rotatable bonds is 11. The first-order valence-corrected chi connectivity index (χ1v) is 20.6. The van der Waals surface area contributed by atoms with E-state index < -0.39 is 36.0 Å². The Bertz CT molecular complexity index is 2560. The summed E-state index contributed by atoms with van der Waals surface area (Å²) in [5, 5.41) is 14.0. The van der Waals surface area contributed by atoms with E-state index in [0.29, 0.717) is 40.4 Å². The van der Waals surface area contributed by atoms with Gasteiger partial charge in [-0.3, -0.25) is 19.6 Å². The summed E-state index contributed by atoms with van der Waals surface area (Å²) in [6.07, 6.45) is 4.79. The van der Waals surface area contributed by atoms with Crippen LogP contribution in [0.4, 0.5) is 0 Å². The van der Waals surface area contributed by atoms with Crippen molar-refractivity contribution in [1.82, 2.24) is 20.1 Å². The smallest absolute Gasteiger partial charge is 0.326 e. The zero-order valence-corrected chi connectivity index (χ0v) is 35.2. The molecule has 5 aromatic rings. The number of ether oxygens (including phenoxy) is 3. The molecule has 2 amide bonds. The lowest BCUT2D eigenvalue weighted by molar-refractivity contribution is -0.144. The zero-order chi connectivity index (χ0) is 42.8. The number of aliphatic carboxylic acids is 1. The standard InChI is InChI=1S/C47H43Cl2N5O7/c1-27-28(2)50-15-14-36(27)31-7-4-29(5-8-31)19-39(47(57)58)52-45(55)41-20-33-21-42-43(22-34(33)23-54(41)46(56)40-24-53(3)17-16-51-40)61-44(26-60-42)32-9-11-35(12-10-32)59-25-30-6-13-37(48)38(49)18-30/h4-16,18,21-22,24,39,41,44H,17,19-20,23,25-26H2,1-3H3,(H,52,55)(H,57,58)/t39-,41-,44+/m0/s1. The Hall–Kier alpha value is -6.37. The van der Waals surface area contributed by atoms with Crippen LogP contribution in [-0.2, 0) is 40.4 Å². The summed E-state index contributed by atoms with van der Waals surface area (Å²) in [7, 11) is 1.83. The third-order valence-electron chi connectivity index (χ3n) is 11.2. The fourth-order valence-corrected chi connectivity index (χ4v) is 7.96. The quantitative estimate of drug-likeness (QED) is 0.137. The lowest BCUT2D eigenvalue weighted by Gasteiger charge is -2.38. The number of amides is 2. The van der Waals surface area contributed by atoms with Crippen LogP contribution in [0.15, 0.2) is 108 Å². The molecule has 312 valence electrons. The summed E-state index contributed by atoms with van der Waals surface area (Å²) in [5.74, 6) is -0.533. The predicted octanol–water partition coefficient (Wildman–Crippen LogP) is 7.69. The van der Waals surface area contributed by atoms with Gasteiger partial charge >= 0.3 is 5.97 Å². The zero-order valence-electron chi connectivity index (χ0n) is 33.7. The lowest BCUT2D eigenvalue weighted by Crippen LogP contribution is -2.56. The van der Waals surface area contributed by atoms with Crippen LogP contribution in [0.2, 0.25) is 10.0 Å². The van der Waals surface area contributed by atoms with E-state index in [1.807, 2.05) is 98.6 Å². The molecular weight excluding hydrogens is 817 g/mol. The number of carbonyl (C=O) groups is 3. The Balaban J connectivity index is 0.987. The number of hydrogen-bond donors (Lipinski definition) is 2. The molecule has 3 atom stereocenters. The first-order chi connectivity index (χ1) is 29.4. The number of aryl methyl sites for hydroxylation is 1. The molecule has 0 saturated carbocycles. The minimum atomic E-state index is -1.25. The van der Waals surface area contributed by atoms with E-state index in [1.54, 1.807) is 30.7 Å². The first kappa shape index (κ1) is 41.4. The molecule has 2 N–H and O–H groups in total. The molecule has 12 nitrogen and oxygen atoms in total. The highest BCUT2D eigenvalue weighted by molar-refractivity contribution is 6.42. The van der Waals surface area contributed by atoms with E-state index in [9.17, 15) is 19.5 Å². The topological polar surface area (TPSA) is 143 Å². The number of carboxylic acids is 1. The van der Waals surface area contributed by atoms with Gasteiger partial charge in [0.15, 0.2) is 17.6 Å². The number of aliphatic imine (C=N–C) groups is 1. The third-order valence-corrected chi connectivity index (χ3v) is 11.9. The van der Waals surface area contributed by atoms with Crippen LogP contribution in [0.25, 0.3) is 11.1 Å². The molecule has 0 fully saturated rings. The third kappa shape index (κ3) is 9.20. The fraction of sp³-hybridized carbons (Fsp3) is 0.255. The number of fused-ring (bicyclic) bond motifs is 2. The van der Waals surface area contributed by atoms with Crippen LogP contribution in [-0.4, -0.2) is 76.2 Å². The van der Waals surface area contributed by atoms with Gasteiger partial charge in [0.2, 0.25) is 5.91 Å². The Kier molecular flexibility index (Phi) is 12.0. The summed E-state index contributed by atoms with van der Waals surface area (Å²) in [6, 6.07) is 23.9.